The maximum atomic E-state index is 12.3. The van der Waals surface area contributed by atoms with Crippen LogP contribution in [0, 0.1) is 10.1 Å². The predicted molar refractivity (Wildman–Crippen MR) is 41.0 cm³/mol. The van der Waals surface area contributed by atoms with Crippen LogP contribution in [0.5, 0.6) is 0 Å². The molecular weight excluding hydrogens is 163 g/mol. The average Bonchev–Trinajstić information content (AvgIpc) is 2.04. The summed E-state index contributed by atoms with van der Waals surface area (Å²) >= 11 is 0. The van der Waals surface area contributed by atoms with E-state index in [1.165, 1.54) is 12.1 Å². The zero-order chi connectivity index (χ0) is 9.14. The highest BCUT2D eigenvalue weighted by Gasteiger charge is 2.05. The van der Waals surface area contributed by atoms with E-state index in [0.717, 1.165) is 6.20 Å². The fourth-order valence-electron chi connectivity index (χ4n) is 0.655. The van der Waals surface area contributed by atoms with E-state index in [4.69, 9.17) is 0 Å². The normalized spacial score (nSPS) is 9.42. The first-order valence-electron chi connectivity index (χ1n) is 3.06. The van der Waals surface area contributed by atoms with Crippen LogP contribution in [-0.4, -0.2) is 9.91 Å². The van der Waals surface area contributed by atoms with Gasteiger partial charge in [-0.15, -0.1) is 0 Å². The summed E-state index contributed by atoms with van der Waals surface area (Å²) in [5.74, 6) is -0.704. The molecule has 0 spiro atoms. The molecule has 1 heterocycles. The lowest BCUT2D eigenvalue weighted by Crippen LogP contribution is -1.90. The van der Waals surface area contributed by atoms with Crippen LogP contribution in [-0.2, 0) is 0 Å². The van der Waals surface area contributed by atoms with Crippen LogP contribution < -0.4 is 0 Å². The van der Waals surface area contributed by atoms with Crippen molar-refractivity contribution in [2.45, 2.75) is 0 Å². The number of hydrogen-bond donors (Lipinski definition) is 0. The van der Waals surface area contributed by atoms with Gasteiger partial charge in [-0.05, 0) is 6.07 Å². The summed E-state index contributed by atoms with van der Waals surface area (Å²) in [6.45, 7) is 3.00. The Labute approximate surface area is 67.5 Å². The van der Waals surface area contributed by atoms with Gasteiger partial charge in [0.05, 0.1) is 10.6 Å². The Kier molecular flexibility index (Phi) is 2.14. The molecule has 1 aromatic heterocycles. The summed E-state index contributed by atoms with van der Waals surface area (Å²) < 4.78 is 12.3. The molecule has 0 atom stereocenters. The van der Waals surface area contributed by atoms with Crippen LogP contribution >= 0.6 is 0 Å². The van der Waals surface area contributed by atoms with E-state index in [1.54, 1.807) is 0 Å². The Morgan fingerprint density at radius 2 is 2.33 bits per heavy atom. The van der Waals surface area contributed by atoms with Crippen molar-refractivity contribution in [3.05, 3.63) is 40.7 Å². The minimum atomic E-state index is -0.704. The molecule has 0 aliphatic carbocycles. The van der Waals surface area contributed by atoms with Crippen LogP contribution in [0.15, 0.2) is 24.9 Å². The van der Waals surface area contributed by atoms with Crippen LogP contribution in [0.25, 0.3) is 5.83 Å². The minimum Gasteiger partial charge on any atom is -0.258 e. The second kappa shape index (κ2) is 3.08. The third-order valence-electron chi connectivity index (χ3n) is 1.24. The topological polar surface area (TPSA) is 56.0 Å². The molecule has 0 fully saturated rings. The van der Waals surface area contributed by atoms with Gasteiger partial charge >= 0.3 is 0 Å². The first kappa shape index (κ1) is 8.32. The van der Waals surface area contributed by atoms with E-state index < -0.39 is 10.8 Å². The first-order chi connectivity index (χ1) is 5.61. The second-order valence-corrected chi connectivity index (χ2v) is 2.06. The molecular formula is C7H5FN2O2. The molecule has 0 aliphatic rings. The molecule has 12 heavy (non-hydrogen) atoms. The number of pyridine rings is 1. The summed E-state index contributed by atoms with van der Waals surface area (Å²) in [4.78, 5) is 13.0. The predicted octanol–water partition coefficient (Wildman–Crippen LogP) is 1.93. The smallest absolute Gasteiger partial charge is 0.258 e. The van der Waals surface area contributed by atoms with Gasteiger partial charge in [0, 0.05) is 6.07 Å². The van der Waals surface area contributed by atoms with Crippen LogP contribution in [0.1, 0.15) is 5.69 Å². The zero-order valence-electron chi connectivity index (χ0n) is 6.03. The minimum absolute atomic E-state index is 0.0144. The Morgan fingerprint density at radius 1 is 1.67 bits per heavy atom. The molecule has 1 rings (SSSR count). The number of nitrogens with zero attached hydrogens (tertiary/aromatic N) is 2. The Balaban J connectivity index is 3.01. The maximum absolute atomic E-state index is 12.3. The number of hydrogen-bond acceptors (Lipinski definition) is 3. The van der Waals surface area contributed by atoms with Gasteiger partial charge in [0.25, 0.3) is 5.69 Å². The molecule has 62 valence electrons. The van der Waals surface area contributed by atoms with Crippen molar-refractivity contribution in [2.75, 3.05) is 0 Å². The average molecular weight is 168 g/mol. The summed E-state index contributed by atoms with van der Waals surface area (Å²) in [5.41, 5.74) is -0.152. The molecule has 0 N–H and O–H groups in total. The zero-order valence-corrected chi connectivity index (χ0v) is 6.03. The van der Waals surface area contributed by atoms with E-state index in [-0.39, 0.29) is 11.4 Å². The molecule has 0 bridgehead atoms. The fraction of sp³-hybridized carbons (Fsp3) is 0. The molecule has 0 aliphatic heterocycles. The highest BCUT2D eigenvalue weighted by Crippen LogP contribution is 2.14. The van der Waals surface area contributed by atoms with Crippen molar-refractivity contribution in [2.24, 2.45) is 0 Å². The molecule has 5 heteroatoms. The third kappa shape index (κ3) is 1.63. The van der Waals surface area contributed by atoms with Crippen molar-refractivity contribution in [1.29, 1.82) is 0 Å². The van der Waals surface area contributed by atoms with Crippen molar-refractivity contribution in [3.8, 4) is 0 Å². The summed E-state index contributed by atoms with van der Waals surface area (Å²) in [7, 11) is 0. The molecule has 0 saturated heterocycles. The Bertz CT molecular complexity index is 288. The number of nitro groups is 1. The van der Waals surface area contributed by atoms with E-state index in [1.807, 2.05) is 0 Å². The molecule has 0 amide bonds. The van der Waals surface area contributed by atoms with Crippen molar-refractivity contribution in [3.63, 3.8) is 0 Å². The Hall–Kier alpha value is -1.78. The highest BCUT2D eigenvalue weighted by atomic mass is 19.1. The number of halogens is 1. The van der Waals surface area contributed by atoms with Crippen LogP contribution in [0.3, 0.4) is 0 Å². The fourth-order valence-corrected chi connectivity index (χ4v) is 0.655. The van der Waals surface area contributed by atoms with Gasteiger partial charge in [0.15, 0.2) is 0 Å². The third-order valence-corrected chi connectivity index (χ3v) is 1.24. The van der Waals surface area contributed by atoms with Crippen molar-refractivity contribution < 1.29 is 9.31 Å². The molecule has 1 aromatic rings. The second-order valence-electron chi connectivity index (χ2n) is 2.06. The lowest BCUT2D eigenvalue weighted by molar-refractivity contribution is -0.385. The van der Waals surface area contributed by atoms with Crippen molar-refractivity contribution in [1.82, 2.24) is 4.98 Å². The quantitative estimate of drug-likeness (QED) is 0.500. The molecule has 0 radical (unpaired) electrons. The largest absolute Gasteiger partial charge is 0.287 e. The summed E-state index contributed by atoms with van der Waals surface area (Å²) in [6, 6.07) is 2.38. The SMILES string of the molecule is C=C(F)c1ccc([N+](=O)[O-])cn1. The van der Waals surface area contributed by atoms with E-state index in [2.05, 4.69) is 11.6 Å². The monoisotopic (exact) mass is 168 g/mol. The summed E-state index contributed by atoms with van der Waals surface area (Å²) in [6.07, 6.45) is 0.986. The lowest BCUT2D eigenvalue weighted by atomic mass is 10.3. The van der Waals surface area contributed by atoms with Crippen LogP contribution in [0.2, 0.25) is 0 Å². The number of rotatable bonds is 2. The first-order valence-corrected chi connectivity index (χ1v) is 3.06. The van der Waals surface area contributed by atoms with Crippen LogP contribution in [0.4, 0.5) is 10.1 Å². The highest BCUT2D eigenvalue weighted by molar-refractivity contribution is 5.53. The lowest BCUT2D eigenvalue weighted by Gasteiger charge is -1.93. The maximum Gasteiger partial charge on any atom is 0.287 e. The molecule has 0 aromatic carbocycles. The van der Waals surface area contributed by atoms with Gasteiger partial charge < -0.3 is 0 Å². The van der Waals surface area contributed by atoms with Gasteiger partial charge in [-0.25, -0.2) is 9.37 Å². The van der Waals surface area contributed by atoms with E-state index >= 15 is 0 Å². The number of aromatic nitrogens is 1. The van der Waals surface area contributed by atoms with Crippen molar-refractivity contribution >= 4 is 11.5 Å². The van der Waals surface area contributed by atoms with Gasteiger partial charge in [0.2, 0.25) is 0 Å². The van der Waals surface area contributed by atoms with Gasteiger partial charge in [-0.3, -0.25) is 10.1 Å². The van der Waals surface area contributed by atoms with Gasteiger partial charge in [0.1, 0.15) is 12.0 Å². The van der Waals surface area contributed by atoms with E-state index in [9.17, 15) is 14.5 Å². The van der Waals surface area contributed by atoms with Gasteiger partial charge in [-0.1, -0.05) is 6.58 Å². The molecule has 0 unspecified atom stereocenters. The summed E-state index contributed by atoms with van der Waals surface area (Å²) in [5, 5.41) is 10.1. The molecule has 0 saturated carbocycles. The van der Waals surface area contributed by atoms with Gasteiger partial charge in [-0.2, -0.15) is 0 Å². The Morgan fingerprint density at radius 3 is 2.67 bits per heavy atom. The standard InChI is InChI=1S/C7H5FN2O2/c1-5(8)7-3-2-6(4-9-7)10(11)12/h2-4H,1H2. The van der Waals surface area contributed by atoms with E-state index in [0.29, 0.717) is 0 Å². The molecule has 4 nitrogen and oxygen atoms in total.